The minimum atomic E-state index is 0. The van der Waals surface area contributed by atoms with Gasteiger partial charge in [-0.05, 0) is 24.3 Å². The molecular formula is C18H16N2Na. The Morgan fingerprint density at radius 3 is 0.905 bits per heavy atom. The molecule has 0 aliphatic carbocycles. The Hall–Kier alpha value is -1.74. The zero-order valence-electron chi connectivity index (χ0n) is 12.1. The van der Waals surface area contributed by atoms with E-state index in [9.17, 15) is 0 Å². The summed E-state index contributed by atoms with van der Waals surface area (Å²) in [4.78, 5) is 0. The van der Waals surface area contributed by atoms with Gasteiger partial charge in [-0.25, -0.2) is 0 Å². The molecule has 0 saturated carbocycles. The first-order valence-corrected chi connectivity index (χ1v) is 6.47. The molecule has 0 unspecified atom stereocenters. The zero-order chi connectivity index (χ0) is 13.9. The third-order valence-corrected chi connectivity index (χ3v) is 2.46. The second-order valence-corrected chi connectivity index (χ2v) is 4.03. The molecule has 3 aromatic carbocycles. The van der Waals surface area contributed by atoms with Crippen LogP contribution in [0.2, 0.25) is 0 Å². The van der Waals surface area contributed by atoms with E-state index in [-0.39, 0.29) is 29.6 Å². The SMILES string of the molecule is [Na].c1ccc(N=Nc2ccccc2)cc1.c1ccccc1. The van der Waals surface area contributed by atoms with Gasteiger partial charge in [0.2, 0.25) is 0 Å². The van der Waals surface area contributed by atoms with Crippen LogP contribution in [0.25, 0.3) is 0 Å². The van der Waals surface area contributed by atoms with Gasteiger partial charge in [-0.3, -0.25) is 0 Å². The van der Waals surface area contributed by atoms with Gasteiger partial charge in [-0.1, -0.05) is 72.8 Å². The standard InChI is InChI=1S/C12H10N2.C6H6.Na/c1-3-7-11(8-4-1)13-14-12-9-5-2-6-10-12;1-2-4-6-5-3-1;/h1-10H;1-6H;. The van der Waals surface area contributed by atoms with Gasteiger partial charge in [-0.2, -0.15) is 10.2 Å². The Morgan fingerprint density at radius 1 is 0.381 bits per heavy atom. The molecule has 3 heteroatoms. The van der Waals surface area contributed by atoms with Crippen LogP contribution in [0.4, 0.5) is 11.4 Å². The van der Waals surface area contributed by atoms with Crippen LogP contribution in [0.1, 0.15) is 0 Å². The molecule has 0 atom stereocenters. The maximum atomic E-state index is 4.10. The first-order valence-electron chi connectivity index (χ1n) is 6.47. The first kappa shape index (κ1) is 17.3. The van der Waals surface area contributed by atoms with E-state index >= 15 is 0 Å². The monoisotopic (exact) mass is 283 g/mol. The molecule has 0 fully saturated rings. The molecule has 0 amide bonds. The number of azo groups is 1. The molecule has 0 spiro atoms. The molecule has 99 valence electrons. The second-order valence-electron chi connectivity index (χ2n) is 4.03. The first-order chi connectivity index (χ1) is 9.95. The third kappa shape index (κ3) is 7.57. The van der Waals surface area contributed by atoms with Gasteiger partial charge in [-0.15, -0.1) is 0 Å². The Bertz CT molecular complexity index is 542. The van der Waals surface area contributed by atoms with Crippen molar-refractivity contribution in [1.82, 2.24) is 0 Å². The number of hydrogen-bond acceptors (Lipinski definition) is 2. The van der Waals surface area contributed by atoms with Crippen molar-refractivity contribution < 1.29 is 0 Å². The molecule has 0 bridgehead atoms. The van der Waals surface area contributed by atoms with Crippen LogP contribution in [0, 0.1) is 0 Å². The number of rotatable bonds is 2. The minimum Gasteiger partial charge on any atom is -0.151 e. The van der Waals surface area contributed by atoms with Crippen LogP contribution in [-0.4, -0.2) is 29.6 Å². The number of benzene rings is 3. The minimum absolute atomic E-state index is 0. The fourth-order valence-electron chi connectivity index (χ4n) is 1.49. The predicted octanol–water partition coefficient (Wildman–Crippen LogP) is 5.41. The van der Waals surface area contributed by atoms with Crippen LogP contribution < -0.4 is 0 Å². The average Bonchev–Trinajstić information content (AvgIpc) is 2.57. The van der Waals surface area contributed by atoms with Crippen molar-refractivity contribution in [3.63, 3.8) is 0 Å². The molecule has 1 radical (unpaired) electrons. The fraction of sp³-hybridized carbons (Fsp3) is 0. The van der Waals surface area contributed by atoms with Crippen molar-refractivity contribution >= 4 is 40.9 Å². The van der Waals surface area contributed by atoms with Crippen LogP contribution in [0.15, 0.2) is 107 Å². The Balaban J connectivity index is 0.000000267. The van der Waals surface area contributed by atoms with Crippen molar-refractivity contribution in [3.05, 3.63) is 97.1 Å². The van der Waals surface area contributed by atoms with Crippen molar-refractivity contribution in [2.45, 2.75) is 0 Å². The van der Waals surface area contributed by atoms with Crippen LogP contribution >= 0.6 is 0 Å². The van der Waals surface area contributed by atoms with E-state index in [1.165, 1.54) is 0 Å². The van der Waals surface area contributed by atoms with Gasteiger partial charge in [0.15, 0.2) is 0 Å². The van der Waals surface area contributed by atoms with E-state index in [2.05, 4.69) is 10.2 Å². The van der Waals surface area contributed by atoms with Crippen LogP contribution in [0.5, 0.6) is 0 Å². The van der Waals surface area contributed by atoms with Gasteiger partial charge in [0.1, 0.15) is 0 Å². The van der Waals surface area contributed by atoms with Gasteiger partial charge in [0.05, 0.1) is 11.4 Å². The summed E-state index contributed by atoms with van der Waals surface area (Å²) in [6.45, 7) is 0. The largest absolute Gasteiger partial charge is 0.151 e. The zero-order valence-corrected chi connectivity index (χ0v) is 14.1. The second kappa shape index (κ2) is 11.0. The summed E-state index contributed by atoms with van der Waals surface area (Å²) in [5.41, 5.74) is 1.74. The van der Waals surface area contributed by atoms with Gasteiger partial charge < -0.3 is 0 Å². The van der Waals surface area contributed by atoms with Crippen molar-refractivity contribution in [3.8, 4) is 0 Å². The van der Waals surface area contributed by atoms with Crippen molar-refractivity contribution in [2.24, 2.45) is 10.2 Å². The molecule has 3 aromatic rings. The average molecular weight is 283 g/mol. The van der Waals surface area contributed by atoms with E-state index < -0.39 is 0 Å². The summed E-state index contributed by atoms with van der Waals surface area (Å²) in [5, 5.41) is 8.20. The Morgan fingerprint density at radius 2 is 0.619 bits per heavy atom. The van der Waals surface area contributed by atoms with Crippen molar-refractivity contribution in [2.75, 3.05) is 0 Å². The summed E-state index contributed by atoms with van der Waals surface area (Å²) in [5.74, 6) is 0. The number of hydrogen-bond donors (Lipinski definition) is 0. The summed E-state index contributed by atoms with van der Waals surface area (Å²) < 4.78 is 0. The van der Waals surface area contributed by atoms with E-state index in [1.54, 1.807) is 0 Å². The maximum Gasteiger partial charge on any atom is 0.0857 e. The Labute approximate surface area is 147 Å². The normalized spacial score (nSPS) is 9.33. The molecule has 0 saturated heterocycles. The molecule has 0 aliphatic rings. The van der Waals surface area contributed by atoms with Gasteiger partial charge in [0, 0.05) is 29.6 Å². The smallest absolute Gasteiger partial charge is 0.0857 e. The molecule has 2 nitrogen and oxygen atoms in total. The molecular weight excluding hydrogens is 267 g/mol. The van der Waals surface area contributed by atoms with Gasteiger partial charge >= 0.3 is 0 Å². The molecule has 0 heterocycles. The fourth-order valence-corrected chi connectivity index (χ4v) is 1.49. The summed E-state index contributed by atoms with van der Waals surface area (Å²) >= 11 is 0. The van der Waals surface area contributed by atoms with E-state index in [0.29, 0.717) is 0 Å². The molecule has 3 rings (SSSR count). The van der Waals surface area contributed by atoms with E-state index in [0.717, 1.165) is 11.4 Å². The van der Waals surface area contributed by atoms with Crippen molar-refractivity contribution in [1.29, 1.82) is 0 Å². The predicted molar refractivity (Wildman–Crippen MR) is 89.3 cm³/mol. The topological polar surface area (TPSA) is 24.7 Å². The van der Waals surface area contributed by atoms with Crippen LogP contribution in [-0.2, 0) is 0 Å². The van der Waals surface area contributed by atoms with Gasteiger partial charge in [0.25, 0.3) is 0 Å². The molecule has 0 N–H and O–H groups in total. The number of nitrogens with zero attached hydrogens (tertiary/aromatic N) is 2. The summed E-state index contributed by atoms with van der Waals surface area (Å²) in [7, 11) is 0. The summed E-state index contributed by atoms with van der Waals surface area (Å²) in [6.07, 6.45) is 0. The maximum absolute atomic E-state index is 4.10. The van der Waals surface area contributed by atoms with E-state index in [4.69, 9.17) is 0 Å². The Kier molecular flexibility index (Phi) is 9.05. The molecule has 21 heavy (non-hydrogen) atoms. The van der Waals surface area contributed by atoms with Crippen LogP contribution in [0.3, 0.4) is 0 Å². The molecule has 0 aliphatic heterocycles. The quantitative estimate of drug-likeness (QED) is 0.444. The van der Waals surface area contributed by atoms with E-state index in [1.807, 2.05) is 97.1 Å². The molecule has 0 aromatic heterocycles. The summed E-state index contributed by atoms with van der Waals surface area (Å²) in [6, 6.07) is 31.4. The third-order valence-electron chi connectivity index (χ3n) is 2.46.